The third-order valence-electron chi connectivity index (χ3n) is 3.89. The van der Waals surface area contributed by atoms with Crippen molar-refractivity contribution in [3.05, 3.63) is 66.1 Å². The van der Waals surface area contributed by atoms with Gasteiger partial charge in [0.2, 0.25) is 11.7 Å². The Bertz CT molecular complexity index is 786. The molecule has 116 valence electrons. The van der Waals surface area contributed by atoms with Crippen molar-refractivity contribution in [1.29, 1.82) is 0 Å². The topological polar surface area (TPSA) is 51.4 Å². The summed E-state index contributed by atoms with van der Waals surface area (Å²) in [5.74, 6) is 2.22. The first-order chi connectivity index (χ1) is 11.4. The van der Waals surface area contributed by atoms with Gasteiger partial charge in [-0.2, -0.15) is 4.98 Å². The van der Waals surface area contributed by atoms with E-state index in [4.69, 9.17) is 9.26 Å². The van der Waals surface area contributed by atoms with Gasteiger partial charge in [0, 0.05) is 24.2 Å². The van der Waals surface area contributed by atoms with Crippen LogP contribution < -0.4 is 4.74 Å². The van der Waals surface area contributed by atoms with Gasteiger partial charge >= 0.3 is 0 Å². The van der Waals surface area contributed by atoms with Crippen molar-refractivity contribution >= 4 is 0 Å². The molecular weight excluding hydrogens is 290 g/mol. The molecule has 2 aromatic carbocycles. The minimum absolute atomic E-state index is 0.623. The molecule has 3 aromatic rings. The third-order valence-corrected chi connectivity index (χ3v) is 3.89. The van der Waals surface area contributed by atoms with Crippen LogP contribution in [0.4, 0.5) is 0 Å². The van der Waals surface area contributed by atoms with Gasteiger partial charge in [-0.05, 0) is 6.07 Å². The second-order valence-electron chi connectivity index (χ2n) is 5.54. The molecule has 0 spiro atoms. The Morgan fingerprint density at radius 1 is 1.00 bits per heavy atom. The lowest BCUT2D eigenvalue weighted by atomic mass is 10.2. The van der Waals surface area contributed by atoms with E-state index in [1.54, 1.807) is 0 Å². The van der Waals surface area contributed by atoms with E-state index in [0.717, 1.165) is 24.4 Å². The molecule has 0 atom stereocenters. The quantitative estimate of drug-likeness (QED) is 0.744. The maximum absolute atomic E-state index is 5.78. The van der Waals surface area contributed by atoms with Gasteiger partial charge in [-0.15, -0.1) is 0 Å². The summed E-state index contributed by atoms with van der Waals surface area (Å²) in [5, 5.41) is 4.08. The molecule has 5 nitrogen and oxygen atoms in total. The van der Waals surface area contributed by atoms with Crippen LogP contribution in [0, 0.1) is 0 Å². The summed E-state index contributed by atoms with van der Waals surface area (Å²) < 4.78 is 11.2. The first-order valence-corrected chi connectivity index (χ1v) is 7.69. The third kappa shape index (κ3) is 3.10. The lowest BCUT2D eigenvalue weighted by Gasteiger charge is -2.16. The van der Waals surface area contributed by atoms with Crippen molar-refractivity contribution in [2.75, 3.05) is 13.2 Å². The van der Waals surface area contributed by atoms with Crippen molar-refractivity contribution in [1.82, 2.24) is 15.0 Å². The number of aromatic nitrogens is 2. The van der Waals surface area contributed by atoms with E-state index in [9.17, 15) is 0 Å². The van der Waals surface area contributed by atoms with Crippen molar-refractivity contribution in [2.24, 2.45) is 0 Å². The fourth-order valence-corrected chi connectivity index (χ4v) is 2.73. The Hall–Kier alpha value is -2.66. The highest BCUT2D eigenvalue weighted by Gasteiger charge is 2.18. The van der Waals surface area contributed by atoms with Crippen LogP contribution in [0.25, 0.3) is 11.4 Å². The van der Waals surface area contributed by atoms with Crippen molar-refractivity contribution in [3.63, 3.8) is 0 Å². The molecule has 1 aliphatic heterocycles. The Labute approximate surface area is 134 Å². The van der Waals surface area contributed by atoms with Crippen LogP contribution in [-0.4, -0.2) is 28.2 Å². The largest absolute Gasteiger partial charge is 0.492 e. The number of benzene rings is 2. The summed E-state index contributed by atoms with van der Waals surface area (Å²) >= 11 is 0. The number of para-hydroxylation sites is 1. The molecular formula is C18H17N3O2. The molecule has 1 aliphatic rings. The fraction of sp³-hybridized carbons (Fsp3) is 0.222. The highest BCUT2D eigenvalue weighted by atomic mass is 16.5. The SMILES string of the molecule is c1ccc(-c2noc(CN3CCOc4ccccc4C3)n2)cc1. The maximum Gasteiger partial charge on any atom is 0.241 e. The van der Waals surface area contributed by atoms with Crippen LogP contribution in [0.5, 0.6) is 5.75 Å². The Kier molecular flexibility index (Phi) is 3.78. The van der Waals surface area contributed by atoms with Crippen LogP contribution in [0.15, 0.2) is 59.1 Å². The van der Waals surface area contributed by atoms with E-state index < -0.39 is 0 Å². The van der Waals surface area contributed by atoms with Gasteiger partial charge in [-0.25, -0.2) is 0 Å². The zero-order valence-electron chi connectivity index (χ0n) is 12.7. The van der Waals surface area contributed by atoms with E-state index in [1.165, 1.54) is 5.56 Å². The summed E-state index contributed by atoms with van der Waals surface area (Å²) in [6.07, 6.45) is 0. The van der Waals surface area contributed by atoms with E-state index in [0.29, 0.717) is 24.9 Å². The fourth-order valence-electron chi connectivity index (χ4n) is 2.73. The standard InChI is InChI=1S/C18H17N3O2/c1-2-6-14(7-3-1)18-19-17(23-20-18)13-21-10-11-22-16-9-5-4-8-15(16)12-21/h1-9H,10-13H2. The van der Waals surface area contributed by atoms with E-state index in [-0.39, 0.29) is 0 Å². The zero-order chi connectivity index (χ0) is 15.5. The van der Waals surface area contributed by atoms with Crippen LogP contribution in [0.3, 0.4) is 0 Å². The number of hydrogen-bond acceptors (Lipinski definition) is 5. The Balaban J connectivity index is 1.49. The van der Waals surface area contributed by atoms with Gasteiger partial charge in [0.15, 0.2) is 0 Å². The average molecular weight is 307 g/mol. The molecule has 0 saturated carbocycles. The molecule has 0 saturated heterocycles. The van der Waals surface area contributed by atoms with Crippen molar-refractivity contribution in [3.8, 4) is 17.1 Å². The monoisotopic (exact) mass is 307 g/mol. The van der Waals surface area contributed by atoms with Crippen LogP contribution in [-0.2, 0) is 13.1 Å². The molecule has 4 rings (SSSR count). The van der Waals surface area contributed by atoms with Gasteiger partial charge in [0.1, 0.15) is 12.4 Å². The number of ether oxygens (including phenoxy) is 1. The predicted octanol–water partition coefficient (Wildman–Crippen LogP) is 3.13. The molecule has 0 aliphatic carbocycles. The van der Waals surface area contributed by atoms with E-state index in [2.05, 4.69) is 21.1 Å². The molecule has 1 aromatic heterocycles. The van der Waals surface area contributed by atoms with Gasteiger partial charge in [-0.3, -0.25) is 4.90 Å². The minimum atomic E-state index is 0.623. The Morgan fingerprint density at radius 2 is 1.83 bits per heavy atom. The van der Waals surface area contributed by atoms with Gasteiger partial charge < -0.3 is 9.26 Å². The van der Waals surface area contributed by atoms with Gasteiger partial charge in [-0.1, -0.05) is 53.7 Å². The number of hydrogen-bond donors (Lipinski definition) is 0. The first kappa shape index (κ1) is 14.0. The van der Waals surface area contributed by atoms with E-state index in [1.807, 2.05) is 48.5 Å². The normalized spacial score (nSPS) is 14.8. The highest BCUT2D eigenvalue weighted by molar-refractivity contribution is 5.53. The van der Waals surface area contributed by atoms with Gasteiger partial charge in [0.05, 0.1) is 6.54 Å². The molecule has 0 N–H and O–H groups in total. The minimum Gasteiger partial charge on any atom is -0.492 e. The summed E-state index contributed by atoms with van der Waals surface area (Å²) in [7, 11) is 0. The second kappa shape index (κ2) is 6.22. The molecule has 0 radical (unpaired) electrons. The number of nitrogens with zero attached hydrogens (tertiary/aromatic N) is 3. The Morgan fingerprint density at radius 3 is 2.74 bits per heavy atom. The smallest absolute Gasteiger partial charge is 0.241 e. The predicted molar refractivity (Wildman–Crippen MR) is 85.8 cm³/mol. The lowest BCUT2D eigenvalue weighted by Crippen LogP contribution is -2.25. The van der Waals surface area contributed by atoms with Crippen molar-refractivity contribution in [2.45, 2.75) is 13.1 Å². The molecule has 0 fully saturated rings. The molecule has 0 unspecified atom stereocenters. The zero-order valence-corrected chi connectivity index (χ0v) is 12.7. The van der Waals surface area contributed by atoms with Crippen molar-refractivity contribution < 1.29 is 9.26 Å². The number of fused-ring (bicyclic) bond motifs is 1. The van der Waals surface area contributed by atoms with Crippen LogP contribution in [0.2, 0.25) is 0 Å². The molecule has 0 bridgehead atoms. The van der Waals surface area contributed by atoms with Crippen LogP contribution >= 0.6 is 0 Å². The molecule has 0 amide bonds. The van der Waals surface area contributed by atoms with E-state index >= 15 is 0 Å². The summed E-state index contributed by atoms with van der Waals surface area (Å²) in [4.78, 5) is 6.76. The molecule has 2 heterocycles. The molecule has 5 heteroatoms. The lowest BCUT2D eigenvalue weighted by molar-refractivity contribution is 0.196. The first-order valence-electron chi connectivity index (χ1n) is 7.69. The highest BCUT2D eigenvalue weighted by Crippen LogP contribution is 2.23. The maximum atomic E-state index is 5.78. The summed E-state index contributed by atoms with van der Waals surface area (Å²) in [5.41, 5.74) is 2.15. The van der Waals surface area contributed by atoms with Gasteiger partial charge in [0.25, 0.3) is 0 Å². The number of rotatable bonds is 3. The summed E-state index contributed by atoms with van der Waals surface area (Å²) in [6, 6.07) is 18.0. The van der Waals surface area contributed by atoms with Crippen LogP contribution in [0.1, 0.15) is 11.5 Å². The second-order valence-corrected chi connectivity index (χ2v) is 5.54. The summed E-state index contributed by atoms with van der Waals surface area (Å²) in [6.45, 7) is 2.94. The molecule has 23 heavy (non-hydrogen) atoms. The average Bonchev–Trinajstić information content (AvgIpc) is 2.96.